The maximum atomic E-state index is 12.6. The summed E-state index contributed by atoms with van der Waals surface area (Å²) in [4.78, 5) is 31.2. The summed E-state index contributed by atoms with van der Waals surface area (Å²) < 4.78 is 7.82. The molecule has 0 bridgehead atoms. The fourth-order valence-electron chi connectivity index (χ4n) is 3.03. The normalized spacial score (nSPS) is 18.1. The highest BCUT2D eigenvalue weighted by atomic mass is 79.9. The third-order valence-corrected chi connectivity index (χ3v) is 4.72. The molecule has 7 heteroatoms. The Balaban J connectivity index is 1.78. The lowest BCUT2D eigenvalue weighted by molar-refractivity contribution is -0.135. The molecule has 0 aliphatic carbocycles. The van der Waals surface area contributed by atoms with E-state index in [1.54, 1.807) is 17.0 Å². The largest absolute Gasteiger partial charge is 0.377 e. The van der Waals surface area contributed by atoms with Gasteiger partial charge in [0.05, 0.1) is 23.3 Å². The molecule has 24 heavy (non-hydrogen) atoms. The molecule has 1 saturated heterocycles. The number of likely N-dealkylation sites (tertiary alicyclic amines) is 1. The highest BCUT2D eigenvalue weighted by Crippen LogP contribution is 2.16. The van der Waals surface area contributed by atoms with Gasteiger partial charge in [0.15, 0.2) is 0 Å². The van der Waals surface area contributed by atoms with E-state index in [9.17, 15) is 9.59 Å². The Kier molecular flexibility index (Phi) is 5.30. The SMILES string of the molecule is CCOC1CCCN(C(=O)Cn2cnc3ccc(Br)cc3c2=O)C1. The van der Waals surface area contributed by atoms with Crippen LogP contribution in [-0.2, 0) is 16.1 Å². The van der Waals surface area contributed by atoms with Gasteiger partial charge in [-0.2, -0.15) is 0 Å². The number of benzene rings is 1. The van der Waals surface area contributed by atoms with E-state index >= 15 is 0 Å². The average Bonchev–Trinajstić information content (AvgIpc) is 2.58. The van der Waals surface area contributed by atoms with Crippen molar-refractivity contribution in [1.82, 2.24) is 14.5 Å². The van der Waals surface area contributed by atoms with Crippen molar-refractivity contribution < 1.29 is 9.53 Å². The number of fused-ring (bicyclic) bond motifs is 1. The molecule has 1 unspecified atom stereocenters. The van der Waals surface area contributed by atoms with Crippen LogP contribution in [0.4, 0.5) is 0 Å². The molecule has 1 aliphatic heterocycles. The zero-order chi connectivity index (χ0) is 17.1. The number of carbonyl (C=O) groups excluding carboxylic acids is 1. The lowest BCUT2D eigenvalue weighted by Gasteiger charge is -2.32. The maximum Gasteiger partial charge on any atom is 0.261 e. The third kappa shape index (κ3) is 3.67. The molecular formula is C17H20BrN3O3. The number of hydrogen-bond donors (Lipinski definition) is 0. The molecule has 3 rings (SSSR count). The molecule has 1 amide bonds. The van der Waals surface area contributed by atoms with Crippen molar-refractivity contribution in [1.29, 1.82) is 0 Å². The lowest BCUT2D eigenvalue weighted by atomic mass is 10.1. The Hall–Kier alpha value is -1.73. The first-order valence-corrected chi connectivity index (χ1v) is 8.92. The molecule has 2 heterocycles. The summed E-state index contributed by atoms with van der Waals surface area (Å²) in [6.07, 6.45) is 3.44. The minimum Gasteiger partial charge on any atom is -0.377 e. The van der Waals surface area contributed by atoms with Gasteiger partial charge in [0.2, 0.25) is 5.91 Å². The standard InChI is InChI=1S/C17H20BrN3O3/c1-2-24-13-4-3-7-20(9-13)16(22)10-21-11-19-15-6-5-12(18)8-14(15)17(21)23/h5-6,8,11,13H,2-4,7,9-10H2,1H3. The Morgan fingerprint density at radius 1 is 1.46 bits per heavy atom. The lowest BCUT2D eigenvalue weighted by Crippen LogP contribution is -2.45. The second-order valence-electron chi connectivity index (χ2n) is 5.90. The number of nitrogens with zero attached hydrogens (tertiary/aromatic N) is 3. The number of hydrogen-bond acceptors (Lipinski definition) is 4. The van der Waals surface area contributed by atoms with Crippen LogP contribution in [0, 0.1) is 0 Å². The van der Waals surface area contributed by atoms with E-state index in [-0.39, 0.29) is 24.1 Å². The quantitative estimate of drug-likeness (QED) is 0.798. The van der Waals surface area contributed by atoms with E-state index in [1.807, 2.05) is 13.0 Å². The molecule has 2 aromatic rings. The van der Waals surface area contributed by atoms with Crippen LogP contribution in [0.1, 0.15) is 19.8 Å². The van der Waals surface area contributed by atoms with Crippen molar-refractivity contribution in [3.8, 4) is 0 Å². The number of amides is 1. The van der Waals surface area contributed by atoms with Crippen molar-refractivity contribution in [3.63, 3.8) is 0 Å². The predicted octanol–water partition coefficient (Wildman–Crippen LogP) is 2.19. The maximum absolute atomic E-state index is 12.6. The predicted molar refractivity (Wildman–Crippen MR) is 94.9 cm³/mol. The van der Waals surface area contributed by atoms with Gasteiger partial charge in [-0.3, -0.25) is 14.2 Å². The van der Waals surface area contributed by atoms with Crippen molar-refractivity contribution in [2.75, 3.05) is 19.7 Å². The van der Waals surface area contributed by atoms with Crippen LogP contribution < -0.4 is 5.56 Å². The number of aromatic nitrogens is 2. The average molecular weight is 394 g/mol. The molecule has 1 aromatic heterocycles. The second-order valence-corrected chi connectivity index (χ2v) is 6.81. The van der Waals surface area contributed by atoms with Gasteiger partial charge in [-0.25, -0.2) is 4.98 Å². The molecule has 1 aliphatic rings. The second kappa shape index (κ2) is 7.44. The summed E-state index contributed by atoms with van der Waals surface area (Å²) in [5, 5.41) is 0.505. The van der Waals surface area contributed by atoms with Gasteiger partial charge in [0.25, 0.3) is 5.56 Å². The van der Waals surface area contributed by atoms with Crippen molar-refractivity contribution >= 4 is 32.7 Å². The van der Waals surface area contributed by atoms with E-state index in [0.717, 1.165) is 17.3 Å². The molecule has 0 saturated carbocycles. The van der Waals surface area contributed by atoms with Crippen molar-refractivity contribution in [3.05, 3.63) is 39.4 Å². The van der Waals surface area contributed by atoms with Crippen LogP contribution in [0.5, 0.6) is 0 Å². The summed E-state index contributed by atoms with van der Waals surface area (Å²) in [5.74, 6) is -0.0716. The van der Waals surface area contributed by atoms with Crippen LogP contribution in [0.25, 0.3) is 10.9 Å². The minimum atomic E-state index is -0.201. The molecular weight excluding hydrogens is 374 g/mol. The Morgan fingerprint density at radius 3 is 3.08 bits per heavy atom. The smallest absolute Gasteiger partial charge is 0.261 e. The molecule has 1 fully saturated rings. The molecule has 0 N–H and O–H groups in total. The van der Waals surface area contributed by atoms with Gasteiger partial charge >= 0.3 is 0 Å². The number of ether oxygens (including phenoxy) is 1. The Labute approximate surface area is 148 Å². The minimum absolute atomic E-state index is 0.00708. The zero-order valence-electron chi connectivity index (χ0n) is 13.6. The van der Waals surface area contributed by atoms with Crippen LogP contribution in [-0.4, -0.2) is 46.2 Å². The number of halogens is 1. The first kappa shape index (κ1) is 17.1. The highest BCUT2D eigenvalue weighted by molar-refractivity contribution is 9.10. The van der Waals surface area contributed by atoms with Gasteiger partial charge in [-0.05, 0) is 38.0 Å². The summed E-state index contributed by atoms with van der Waals surface area (Å²) in [6.45, 7) is 3.92. The van der Waals surface area contributed by atoms with E-state index in [0.29, 0.717) is 30.6 Å². The van der Waals surface area contributed by atoms with Gasteiger partial charge < -0.3 is 9.64 Å². The number of piperidine rings is 1. The van der Waals surface area contributed by atoms with Crippen LogP contribution in [0.15, 0.2) is 33.8 Å². The van der Waals surface area contributed by atoms with Gasteiger partial charge in [-0.15, -0.1) is 0 Å². The summed E-state index contributed by atoms with van der Waals surface area (Å²) in [5.41, 5.74) is 0.425. The Bertz CT molecular complexity index is 803. The highest BCUT2D eigenvalue weighted by Gasteiger charge is 2.24. The molecule has 1 aromatic carbocycles. The fraction of sp³-hybridized carbons (Fsp3) is 0.471. The third-order valence-electron chi connectivity index (χ3n) is 4.22. The van der Waals surface area contributed by atoms with Crippen molar-refractivity contribution in [2.24, 2.45) is 0 Å². The first-order valence-electron chi connectivity index (χ1n) is 8.12. The molecule has 0 spiro atoms. The monoisotopic (exact) mass is 393 g/mol. The van der Waals surface area contributed by atoms with E-state index in [4.69, 9.17) is 4.74 Å². The summed E-state index contributed by atoms with van der Waals surface area (Å²) in [7, 11) is 0. The molecule has 128 valence electrons. The topological polar surface area (TPSA) is 64.4 Å². The number of rotatable bonds is 4. The first-order chi connectivity index (χ1) is 11.6. The Morgan fingerprint density at radius 2 is 2.29 bits per heavy atom. The van der Waals surface area contributed by atoms with Crippen LogP contribution in [0.3, 0.4) is 0 Å². The molecule has 6 nitrogen and oxygen atoms in total. The van der Waals surface area contributed by atoms with E-state index < -0.39 is 0 Å². The summed E-state index contributed by atoms with van der Waals surface area (Å²) in [6, 6.07) is 5.35. The van der Waals surface area contributed by atoms with Gasteiger partial charge in [0.1, 0.15) is 6.54 Å². The van der Waals surface area contributed by atoms with Gasteiger partial charge in [0, 0.05) is 24.2 Å². The summed E-state index contributed by atoms with van der Waals surface area (Å²) >= 11 is 3.36. The molecule has 0 radical (unpaired) electrons. The van der Waals surface area contributed by atoms with E-state index in [2.05, 4.69) is 20.9 Å². The van der Waals surface area contributed by atoms with E-state index in [1.165, 1.54) is 10.9 Å². The number of carbonyl (C=O) groups is 1. The van der Waals surface area contributed by atoms with Crippen molar-refractivity contribution in [2.45, 2.75) is 32.4 Å². The zero-order valence-corrected chi connectivity index (χ0v) is 15.2. The van der Waals surface area contributed by atoms with Crippen LogP contribution >= 0.6 is 15.9 Å². The molecule has 1 atom stereocenters. The van der Waals surface area contributed by atoms with Gasteiger partial charge in [-0.1, -0.05) is 15.9 Å². The van der Waals surface area contributed by atoms with Crippen LogP contribution in [0.2, 0.25) is 0 Å². The fourth-order valence-corrected chi connectivity index (χ4v) is 3.39.